The second kappa shape index (κ2) is 5.77. The maximum Gasteiger partial charge on any atom is 0.228 e. The Morgan fingerprint density at radius 1 is 1.32 bits per heavy atom. The summed E-state index contributed by atoms with van der Waals surface area (Å²) in [5.41, 5.74) is 2.65. The van der Waals surface area contributed by atoms with E-state index in [1.807, 2.05) is 12.1 Å². The molecule has 0 saturated carbocycles. The third kappa shape index (κ3) is 3.09. The number of amides is 1. The summed E-state index contributed by atoms with van der Waals surface area (Å²) in [5, 5.41) is 2.64. The minimum Gasteiger partial charge on any atom is -0.441 e. The maximum absolute atomic E-state index is 13.1. The van der Waals surface area contributed by atoms with Gasteiger partial charge in [0.1, 0.15) is 11.3 Å². The average molecular weight is 319 g/mol. The summed E-state index contributed by atoms with van der Waals surface area (Å²) in [4.78, 5) is 16.2. The van der Waals surface area contributed by atoms with Gasteiger partial charge in [0.15, 0.2) is 11.5 Å². The van der Waals surface area contributed by atoms with Crippen LogP contribution in [0, 0.1) is 12.7 Å². The van der Waals surface area contributed by atoms with Crippen LogP contribution in [0.3, 0.4) is 0 Å². The molecule has 2 aromatic carbocycles. The Morgan fingerprint density at radius 3 is 2.91 bits per heavy atom. The Hall–Kier alpha value is -2.40. The van der Waals surface area contributed by atoms with Gasteiger partial charge in [-0.2, -0.15) is 0 Å². The molecule has 4 nitrogen and oxygen atoms in total. The van der Waals surface area contributed by atoms with Crippen LogP contribution < -0.4 is 5.32 Å². The third-order valence-corrected chi connectivity index (χ3v) is 3.42. The number of halogens is 2. The first kappa shape index (κ1) is 14.5. The lowest BCUT2D eigenvalue weighted by atomic mass is 10.1. The molecule has 0 atom stereocenters. The van der Waals surface area contributed by atoms with Crippen LogP contribution in [-0.2, 0) is 11.2 Å². The Bertz CT molecular complexity index is 860. The first-order valence-electron chi connectivity index (χ1n) is 6.62. The fourth-order valence-electron chi connectivity index (χ4n) is 2.16. The highest BCUT2D eigenvalue weighted by molar-refractivity contribution is 6.31. The minimum absolute atomic E-state index is 0.0312. The Kier molecular flexibility index (Phi) is 3.81. The van der Waals surface area contributed by atoms with Crippen molar-refractivity contribution in [2.75, 3.05) is 5.32 Å². The lowest BCUT2D eigenvalue weighted by Gasteiger charge is -2.06. The van der Waals surface area contributed by atoms with Crippen molar-refractivity contribution in [3.63, 3.8) is 0 Å². The monoisotopic (exact) mass is 318 g/mol. The van der Waals surface area contributed by atoms with Crippen LogP contribution in [0.15, 0.2) is 40.8 Å². The number of anilines is 1. The standard InChI is InChI=1S/C16H12ClFN2O2/c1-9-19-14-5-2-10(6-15(14)22-9)7-16(21)20-11-3-4-13(18)12(17)8-11/h2-6,8H,7H2,1H3,(H,20,21). The smallest absolute Gasteiger partial charge is 0.228 e. The molecule has 0 bridgehead atoms. The Balaban J connectivity index is 1.73. The molecule has 6 heteroatoms. The first-order valence-corrected chi connectivity index (χ1v) is 7.00. The summed E-state index contributed by atoms with van der Waals surface area (Å²) in [6.07, 6.45) is 0.171. The van der Waals surface area contributed by atoms with E-state index in [1.165, 1.54) is 18.2 Å². The predicted molar refractivity (Wildman–Crippen MR) is 82.5 cm³/mol. The number of oxazole rings is 1. The zero-order valence-electron chi connectivity index (χ0n) is 11.7. The van der Waals surface area contributed by atoms with Crippen LogP contribution in [0.4, 0.5) is 10.1 Å². The zero-order chi connectivity index (χ0) is 15.7. The van der Waals surface area contributed by atoms with E-state index in [9.17, 15) is 9.18 Å². The van der Waals surface area contributed by atoms with Crippen molar-refractivity contribution >= 4 is 34.3 Å². The molecule has 0 aliphatic rings. The maximum atomic E-state index is 13.1. The molecule has 0 spiro atoms. The van der Waals surface area contributed by atoms with Gasteiger partial charge in [-0.25, -0.2) is 9.37 Å². The Morgan fingerprint density at radius 2 is 2.14 bits per heavy atom. The SMILES string of the molecule is Cc1nc2ccc(CC(=O)Nc3ccc(F)c(Cl)c3)cc2o1. The van der Waals surface area contributed by atoms with Crippen LogP contribution in [0.5, 0.6) is 0 Å². The molecule has 3 aromatic rings. The molecule has 1 aromatic heterocycles. The number of carbonyl (C=O) groups is 1. The van der Waals surface area contributed by atoms with Gasteiger partial charge in [0, 0.05) is 12.6 Å². The van der Waals surface area contributed by atoms with Crippen LogP contribution in [0.2, 0.25) is 5.02 Å². The summed E-state index contributed by atoms with van der Waals surface area (Å²) in [6.45, 7) is 1.77. The normalized spacial score (nSPS) is 10.9. The topological polar surface area (TPSA) is 55.1 Å². The fraction of sp³-hybridized carbons (Fsp3) is 0.125. The summed E-state index contributed by atoms with van der Waals surface area (Å²) in [6, 6.07) is 9.46. The van der Waals surface area contributed by atoms with Gasteiger partial charge in [-0.1, -0.05) is 17.7 Å². The van der Waals surface area contributed by atoms with Crippen LogP contribution in [0.1, 0.15) is 11.5 Å². The van der Waals surface area contributed by atoms with E-state index in [0.29, 0.717) is 17.2 Å². The molecule has 0 unspecified atom stereocenters. The number of carbonyl (C=O) groups excluding carboxylic acids is 1. The number of aryl methyl sites for hydroxylation is 1. The zero-order valence-corrected chi connectivity index (χ0v) is 12.4. The van der Waals surface area contributed by atoms with E-state index in [1.54, 1.807) is 13.0 Å². The van der Waals surface area contributed by atoms with Gasteiger partial charge in [-0.15, -0.1) is 0 Å². The summed E-state index contributed by atoms with van der Waals surface area (Å²) in [7, 11) is 0. The predicted octanol–water partition coefficient (Wildman–Crippen LogP) is 4.11. The molecule has 1 N–H and O–H groups in total. The molecule has 0 aliphatic heterocycles. The van der Waals surface area contributed by atoms with E-state index >= 15 is 0 Å². The van der Waals surface area contributed by atoms with Crippen molar-refractivity contribution in [1.29, 1.82) is 0 Å². The van der Waals surface area contributed by atoms with Crippen molar-refractivity contribution in [1.82, 2.24) is 4.98 Å². The van der Waals surface area contributed by atoms with Crippen molar-refractivity contribution < 1.29 is 13.6 Å². The molecule has 0 fully saturated rings. The first-order chi connectivity index (χ1) is 10.5. The summed E-state index contributed by atoms with van der Waals surface area (Å²) in [5.74, 6) is -0.165. The lowest BCUT2D eigenvalue weighted by Crippen LogP contribution is -2.14. The van der Waals surface area contributed by atoms with Gasteiger partial charge in [0.2, 0.25) is 5.91 Å². The van der Waals surface area contributed by atoms with E-state index in [-0.39, 0.29) is 17.4 Å². The van der Waals surface area contributed by atoms with Gasteiger partial charge in [0.25, 0.3) is 0 Å². The number of hydrogen-bond donors (Lipinski definition) is 1. The van der Waals surface area contributed by atoms with Crippen molar-refractivity contribution in [3.05, 3.63) is 58.7 Å². The van der Waals surface area contributed by atoms with Gasteiger partial charge >= 0.3 is 0 Å². The van der Waals surface area contributed by atoms with Gasteiger partial charge in [-0.3, -0.25) is 4.79 Å². The third-order valence-electron chi connectivity index (χ3n) is 3.13. The summed E-state index contributed by atoms with van der Waals surface area (Å²) < 4.78 is 18.5. The van der Waals surface area contributed by atoms with Crippen molar-refractivity contribution in [2.45, 2.75) is 13.3 Å². The second-order valence-electron chi connectivity index (χ2n) is 4.89. The number of benzene rings is 2. The molecule has 0 aliphatic carbocycles. The molecule has 0 saturated heterocycles. The molecule has 112 valence electrons. The number of aromatic nitrogens is 1. The van der Waals surface area contributed by atoms with Gasteiger partial charge in [-0.05, 0) is 35.9 Å². The number of nitrogens with zero attached hydrogens (tertiary/aromatic N) is 1. The van der Waals surface area contributed by atoms with E-state index < -0.39 is 5.82 Å². The quantitative estimate of drug-likeness (QED) is 0.790. The van der Waals surface area contributed by atoms with E-state index in [4.69, 9.17) is 16.0 Å². The van der Waals surface area contributed by atoms with E-state index in [2.05, 4.69) is 10.3 Å². The minimum atomic E-state index is -0.522. The highest BCUT2D eigenvalue weighted by Gasteiger charge is 2.09. The van der Waals surface area contributed by atoms with E-state index in [0.717, 1.165) is 11.1 Å². The lowest BCUT2D eigenvalue weighted by molar-refractivity contribution is -0.115. The van der Waals surface area contributed by atoms with Crippen LogP contribution >= 0.6 is 11.6 Å². The fourth-order valence-corrected chi connectivity index (χ4v) is 2.34. The molecule has 0 radical (unpaired) electrons. The second-order valence-corrected chi connectivity index (χ2v) is 5.30. The molecular formula is C16H12ClFN2O2. The molecule has 1 heterocycles. The number of fused-ring (bicyclic) bond motifs is 1. The van der Waals surface area contributed by atoms with Crippen molar-refractivity contribution in [2.24, 2.45) is 0 Å². The molecule has 3 rings (SSSR count). The summed E-state index contributed by atoms with van der Waals surface area (Å²) >= 11 is 5.68. The number of nitrogens with one attached hydrogen (secondary N) is 1. The van der Waals surface area contributed by atoms with Gasteiger partial charge < -0.3 is 9.73 Å². The van der Waals surface area contributed by atoms with Crippen molar-refractivity contribution in [3.8, 4) is 0 Å². The molecular weight excluding hydrogens is 307 g/mol. The highest BCUT2D eigenvalue weighted by atomic mass is 35.5. The van der Waals surface area contributed by atoms with Crippen LogP contribution in [-0.4, -0.2) is 10.9 Å². The highest BCUT2D eigenvalue weighted by Crippen LogP contribution is 2.20. The average Bonchev–Trinajstić information content (AvgIpc) is 2.82. The van der Waals surface area contributed by atoms with Gasteiger partial charge in [0.05, 0.1) is 11.4 Å². The largest absolute Gasteiger partial charge is 0.441 e. The number of hydrogen-bond acceptors (Lipinski definition) is 3. The Labute approximate surface area is 130 Å². The molecule has 22 heavy (non-hydrogen) atoms. The number of rotatable bonds is 3. The molecule has 1 amide bonds. The van der Waals surface area contributed by atoms with Crippen LogP contribution in [0.25, 0.3) is 11.1 Å².